The maximum absolute atomic E-state index is 9.44. The third-order valence-electron chi connectivity index (χ3n) is 20.8. The maximum atomic E-state index is 9.44. The molecule has 18 aromatic carbocycles. The largest absolute Gasteiger partial charge is 0.489 e. The van der Waals surface area contributed by atoms with Gasteiger partial charge in [-0.1, -0.05) is 333 Å². The van der Waals surface area contributed by atoms with Crippen LogP contribution in [-0.2, 0) is 13.2 Å². The van der Waals surface area contributed by atoms with Gasteiger partial charge in [-0.15, -0.1) is 0 Å². The van der Waals surface area contributed by atoms with Crippen molar-refractivity contribution in [1.29, 1.82) is 10.5 Å². The highest BCUT2D eigenvalue weighted by Gasteiger charge is 2.19. The van der Waals surface area contributed by atoms with Gasteiger partial charge in [-0.25, -0.2) is 0 Å². The van der Waals surface area contributed by atoms with Crippen molar-refractivity contribution in [3.8, 4) is 124 Å². The molecule has 0 aliphatic carbocycles. The molecule has 18 aromatic rings. The molecule has 0 atom stereocenters. The summed E-state index contributed by atoms with van der Waals surface area (Å²) in [6.45, 7) is 0.772. The van der Waals surface area contributed by atoms with Crippen molar-refractivity contribution < 1.29 is 19.5 Å². The van der Waals surface area contributed by atoms with Gasteiger partial charge in [0.2, 0.25) is 0 Å². The number of anilines is 2. The number of nitrogens with zero attached hydrogens (tertiary/aromatic N) is 2. The second kappa shape index (κ2) is 33.7. The predicted molar refractivity (Wildman–Crippen MR) is 473 cm³/mol. The zero-order valence-electron chi connectivity index (χ0n) is 62.1. The van der Waals surface area contributed by atoms with Gasteiger partial charge in [0.05, 0.1) is 34.6 Å². The Labute approximate surface area is 668 Å². The standard InChI is InChI=1S/C52H36N2O.C38H27ClN2O.C14H11BO2/c53-33-35-14-18-37(19-15-35)38-22-24-39(25-23-38)40-26-28-41(29-27-40)45-31-50(42-8-2-1-3-9-42)52(54)51(32-45)55-34-36-16-20-43(21-17-36)49-30-44-10-4-5-11-46(44)47-12-6-7-13-48(47)49;39-35-20-8-27(9-21-35)25-42-37-23-34(22-36(38(37)41)33-4-2-1-3-5-33)32-18-16-31(17-19-32)30-14-12-29(13-15-30)28-10-6-26(24-40)7-11-28;16-15(17)14-9-10-5-1-2-6-11(10)12-7-3-4-8-13(12)14/h1-32H,34,54H2;1-23H,25,41H2;1-9,16-17H. The molecule has 0 aromatic heterocycles. The summed E-state index contributed by atoms with van der Waals surface area (Å²) >= 11 is 6.05. The van der Waals surface area contributed by atoms with Crippen LogP contribution in [0.4, 0.5) is 11.4 Å². The molecule has 0 aliphatic heterocycles. The van der Waals surface area contributed by atoms with Gasteiger partial charge in [0.25, 0.3) is 0 Å². The lowest BCUT2D eigenvalue weighted by molar-refractivity contribution is 0.308. The van der Waals surface area contributed by atoms with Crippen molar-refractivity contribution >= 4 is 78.6 Å². The summed E-state index contributed by atoms with van der Waals surface area (Å²) in [5.74, 6) is 1.30. The quantitative estimate of drug-likeness (QED) is 0.0423. The molecule has 114 heavy (non-hydrogen) atoms. The number of hydrogen-bond acceptors (Lipinski definition) is 8. The third-order valence-corrected chi connectivity index (χ3v) is 21.1. The topological polar surface area (TPSA) is 159 Å². The number of rotatable bonds is 16. The summed E-state index contributed by atoms with van der Waals surface area (Å²) in [6.07, 6.45) is 0. The summed E-state index contributed by atoms with van der Waals surface area (Å²) in [5, 5.41) is 46.9. The molecule has 0 saturated carbocycles. The van der Waals surface area contributed by atoms with Gasteiger partial charge < -0.3 is 31.0 Å². The smallest absolute Gasteiger partial charge is 0.487 e. The van der Waals surface area contributed by atoms with Gasteiger partial charge in [0.1, 0.15) is 24.7 Å². The average Bonchev–Trinajstić information content (AvgIpc) is 0.774. The fourth-order valence-corrected chi connectivity index (χ4v) is 14.8. The van der Waals surface area contributed by atoms with Crippen molar-refractivity contribution in [2.75, 3.05) is 11.5 Å². The summed E-state index contributed by atoms with van der Waals surface area (Å²) in [6, 6.07) is 136. The molecule has 6 N–H and O–H groups in total. The fraction of sp³-hybridized carbons (Fsp3) is 0.0192. The zero-order chi connectivity index (χ0) is 77.9. The van der Waals surface area contributed by atoms with Gasteiger partial charge in [0, 0.05) is 16.1 Å². The van der Waals surface area contributed by atoms with E-state index in [1.54, 1.807) is 0 Å². The van der Waals surface area contributed by atoms with Gasteiger partial charge in [-0.05, 0) is 215 Å². The van der Waals surface area contributed by atoms with E-state index in [4.69, 9.17) is 43.1 Å². The lowest BCUT2D eigenvalue weighted by Crippen LogP contribution is -2.30. The average molecular weight is 1490 g/mol. The van der Waals surface area contributed by atoms with E-state index in [0.717, 1.165) is 122 Å². The van der Waals surface area contributed by atoms with E-state index >= 15 is 0 Å². The Kier molecular flexibility index (Phi) is 21.8. The molecule has 8 nitrogen and oxygen atoms in total. The first-order valence-electron chi connectivity index (χ1n) is 37.6. The molecule has 0 fully saturated rings. The van der Waals surface area contributed by atoms with Crippen molar-refractivity contribution in [3.05, 3.63) is 416 Å². The van der Waals surface area contributed by atoms with Crippen LogP contribution in [0.5, 0.6) is 11.5 Å². The van der Waals surface area contributed by atoms with Crippen molar-refractivity contribution in [3.63, 3.8) is 0 Å². The molecule has 0 saturated heterocycles. The second-order valence-electron chi connectivity index (χ2n) is 28.0. The molecule has 544 valence electrons. The summed E-state index contributed by atoms with van der Waals surface area (Å²) in [4.78, 5) is 0. The summed E-state index contributed by atoms with van der Waals surface area (Å²) in [7, 11) is -1.44. The number of benzene rings is 18. The number of nitrogen functional groups attached to an aromatic ring is 2. The fourth-order valence-electron chi connectivity index (χ4n) is 14.7. The minimum atomic E-state index is -1.44. The van der Waals surface area contributed by atoms with Gasteiger partial charge in [-0.2, -0.15) is 10.5 Å². The monoisotopic (exact) mass is 1490 g/mol. The van der Waals surface area contributed by atoms with Crippen molar-refractivity contribution in [2.24, 2.45) is 0 Å². The van der Waals surface area contributed by atoms with Crippen LogP contribution in [0.25, 0.3) is 143 Å². The highest BCUT2D eigenvalue weighted by atomic mass is 35.5. The van der Waals surface area contributed by atoms with E-state index in [2.05, 4.69) is 231 Å². The summed E-state index contributed by atoms with van der Waals surface area (Å²) < 4.78 is 12.8. The van der Waals surface area contributed by atoms with Crippen LogP contribution in [0.15, 0.2) is 388 Å². The predicted octanol–water partition coefficient (Wildman–Crippen LogP) is 25.1. The third kappa shape index (κ3) is 16.4. The molecule has 0 bridgehead atoms. The molecule has 0 spiro atoms. The Morgan fingerprint density at radius 3 is 0.939 bits per heavy atom. The van der Waals surface area contributed by atoms with E-state index in [1.807, 2.05) is 170 Å². The van der Waals surface area contributed by atoms with Crippen LogP contribution >= 0.6 is 11.6 Å². The van der Waals surface area contributed by atoms with Crippen molar-refractivity contribution in [1.82, 2.24) is 0 Å². The highest BCUT2D eigenvalue weighted by molar-refractivity contribution is 6.62. The molecule has 10 heteroatoms. The first kappa shape index (κ1) is 73.6. The normalized spacial score (nSPS) is 10.9. The number of halogens is 1. The molecule has 0 unspecified atom stereocenters. The van der Waals surface area contributed by atoms with Crippen LogP contribution < -0.4 is 26.4 Å². The van der Waals surface area contributed by atoms with Gasteiger partial charge in [-0.3, -0.25) is 0 Å². The zero-order valence-corrected chi connectivity index (χ0v) is 62.8. The molecule has 0 radical (unpaired) electrons. The Balaban J connectivity index is 0.000000145. The van der Waals surface area contributed by atoms with E-state index < -0.39 is 7.12 Å². The lowest BCUT2D eigenvalue weighted by atomic mass is 9.76. The minimum Gasteiger partial charge on any atom is -0.487 e. The Morgan fingerprint density at radius 1 is 0.272 bits per heavy atom. The van der Waals surface area contributed by atoms with Crippen LogP contribution in [0.2, 0.25) is 5.02 Å². The van der Waals surface area contributed by atoms with Gasteiger partial charge in [0.15, 0.2) is 0 Å². The van der Waals surface area contributed by atoms with E-state index in [9.17, 15) is 10.0 Å². The number of hydrogen-bond donors (Lipinski definition) is 4. The molecule has 0 aliphatic rings. The molecular weight excluding hydrogens is 1420 g/mol. The SMILES string of the molecule is N#Cc1ccc(-c2ccc(-c3ccc(-c4cc(OCc5ccc(-c6cc7ccccc7c7ccccc67)cc5)c(N)c(-c5ccccc5)c4)cc3)cc2)cc1.N#Cc1ccc(-c2ccc(-c3ccc(-c4cc(OCc5ccc(Cl)cc5)c(N)c(-c5ccccc5)c4)cc3)cc2)cc1.OB(O)c1cc2ccccc2c2ccccc12. The number of nitriles is 2. The lowest BCUT2D eigenvalue weighted by Gasteiger charge is -2.16. The minimum absolute atomic E-state index is 0.385. The van der Waals surface area contributed by atoms with E-state index in [1.165, 1.54) is 32.7 Å². The first-order valence-corrected chi connectivity index (χ1v) is 38.0. The first-order chi connectivity index (χ1) is 55.9. The number of nitrogens with two attached hydrogens (primary N) is 2. The molecular formula is C104H74BClN4O4. The maximum Gasteiger partial charge on any atom is 0.489 e. The van der Waals surface area contributed by atoms with Crippen LogP contribution in [0.1, 0.15) is 22.3 Å². The molecule has 0 amide bonds. The van der Waals surface area contributed by atoms with Crippen LogP contribution in [0.3, 0.4) is 0 Å². The van der Waals surface area contributed by atoms with E-state index in [0.29, 0.717) is 57.7 Å². The van der Waals surface area contributed by atoms with Gasteiger partial charge >= 0.3 is 7.12 Å². The Bertz CT molecular complexity index is 6550. The highest BCUT2D eigenvalue weighted by Crippen LogP contribution is 2.43. The van der Waals surface area contributed by atoms with Crippen LogP contribution in [0, 0.1) is 22.7 Å². The molecule has 18 rings (SSSR count). The Morgan fingerprint density at radius 2 is 0.561 bits per heavy atom. The van der Waals surface area contributed by atoms with Crippen molar-refractivity contribution in [2.45, 2.75) is 13.2 Å². The number of ether oxygens (including phenoxy) is 2. The van der Waals surface area contributed by atoms with Crippen LogP contribution in [-0.4, -0.2) is 17.2 Å². The second-order valence-corrected chi connectivity index (χ2v) is 28.4. The number of fused-ring (bicyclic) bond motifs is 6. The summed E-state index contributed by atoms with van der Waals surface area (Å²) in [5.41, 5.74) is 38.2. The molecule has 0 heterocycles. The van der Waals surface area contributed by atoms with E-state index in [-0.39, 0.29) is 0 Å². The Hall–Kier alpha value is -14.5.